The van der Waals surface area contributed by atoms with Gasteiger partial charge in [0, 0.05) is 18.7 Å². The van der Waals surface area contributed by atoms with E-state index in [1.807, 2.05) is 6.07 Å². The minimum atomic E-state index is -0.269. The van der Waals surface area contributed by atoms with Crippen LogP contribution in [-0.4, -0.2) is 35.5 Å². The molecule has 0 saturated carbocycles. The average molecular weight is 287 g/mol. The summed E-state index contributed by atoms with van der Waals surface area (Å²) < 4.78 is 4.94. The number of nitrogens with zero attached hydrogens (tertiary/aromatic N) is 2. The van der Waals surface area contributed by atoms with Crippen LogP contribution in [0, 0.1) is 6.92 Å². The summed E-state index contributed by atoms with van der Waals surface area (Å²) in [7, 11) is 1.65. The van der Waals surface area contributed by atoms with Crippen LogP contribution in [0.1, 0.15) is 21.8 Å². The fraction of sp³-hybridized carbons (Fsp3) is 0.267. The smallest absolute Gasteiger partial charge is 0.251 e. The quantitative estimate of drug-likeness (QED) is 0.901. The zero-order valence-corrected chi connectivity index (χ0v) is 12.0. The summed E-state index contributed by atoms with van der Waals surface area (Å²) in [4.78, 5) is 25.3. The number of aromatic nitrogens is 1. The maximum absolute atomic E-state index is 11.9. The molecule has 0 aliphatic heterocycles. The summed E-state index contributed by atoms with van der Waals surface area (Å²) in [5.41, 5.74) is 1.21. The molecule has 1 aromatic heterocycles. The summed E-state index contributed by atoms with van der Waals surface area (Å²) in [6, 6.07) is 10.5. The summed E-state index contributed by atoms with van der Waals surface area (Å²) >= 11 is 0. The van der Waals surface area contributed by atoms with Crippen LogP contribution in [0.4, 0.5) is 0 Å². The monoisotopic (exact) mass is 287 g/mol. The second-order valence-electron chi connectivity index (χ2n) is 4.73. The van der Waals surface area contributed by atoms with Crippen molar-refractivity contribution in [3.63, 3.8) is 0 Å². The molecule has 0 aliphatic carbocycles. The van der Waals surface area contributed by atoms with Gasteiger partial charge < -0.3 is 14.7 Å². The minimum absolute atomic E-state index is 0.0545. The van der Waals surface area contributed by atoms with Gasteiger partial charge in [0.1, 0.15) is 11.5 Å². The van der Waals surface area contributed by atoms with Crippen LogP contribution in [0.2, 0.25) is 0 Å². The molecule has 0 fully saturated rings. The third-order valence-corrected chi connectivity index (χ3v) is 2.94. The van der Waals surface area contributed by atoms with Crippen molar-refractivity contribution in [1.82, 2.24) is 15.4 Å². The Morgan fingerprint density at radius 3 is 2.62 bits per heavy atom. The summed E-state index contributed by atoms with van der Waals surface area (Å²) in [6.45, 7) is 2.08. The Labute approximate surface area is 122 Å². The van der Waals surface area contributed by atoms with Gasteiger partial charge in [-0.15, -0.1) is 0 Å². The number of hydrogen-bond acceptors (Lipinski definition) is 4. The second-order valence-corrected chi connectivity index (χ2v) is 4.73. The zero-order chi connectivity index (χ0) is 15.2. The van der Waals surface area contributed by atoms with Crippen LogP contribution in [0.15, 0.2) is 40.9 Å². The van der Waals surface area contributed by atoms with Gasteiger partial charge >= 0.3 is 0 Å². The van der Waals surface area contributed by atoms with Gasteiger partial charge in [0.2, 0.25) is 5.91 Å². The molecule has 2 amide bonds. The number of rotatable bonds is 5. The Hall–Kier alpha value is -2.63. The number of nitrogens with one attached hydrogen (secondary N) is 1. The maximum Gasteiger partial charge on any atom is 0.251 e. The molecular weight excluding hydrogens is 270 g/mol. The van der Waals surface area contributed by atoms with Crippen molar-refractivity contribution in [2.75, 3.05) is 13.6 Å². The second kappa shape index (κ2) is 6.69. The third kappa shape index (κ3) is 4.17. The van der Waals surface area contributed by atoms with Crippen molar-refractivity contribution in [3.05, 3.63) is 53.4 Å². The predicted octanol–water partition coefficient (Wildman–Crippen LogP) is 1.37. The van der Waals surface area contributed by atoms with Gasteiger partial charge in [-0.25, -0.2) is 0 Å². The first-order valence-corrected chi connectivity index (χ1v) is 6.55. The maximum atomic E-state index is 11.9. The number of carbonyl (C=O) groups is 2. The van der Waals surface area contributed by atoms with E-state index >= 15 is 0 Å². The van der Waals surface area contributed by atoms with Crippen LogP contribution in [0.5, 0.6) is 0 Å². The molecule has 1 aromatic carbocycles. The predicted molar refractivity (Wildman–Crippen MR) is 76.5 cm³/mol. The van der Waals surface area contributed by atoms with E-state index in [4.69, 9.17) is 4.52 Å². The highest BCUT2D eigenvalue weighted by Crippen LogP contribution is 2.04. The van der Waals surface area contributed by atoms with E-state index in [9.17, 15) is 9.59 Å². The van der Waals surface area contributed by atoms with Gasteiger partial charge in [-0.3, -0.25) is 9.59 Å². The summed E-state index contributed by atoms with van der Waals surface area (Å²) in [6.07, 6.45) is 0. The molecule has 2 rings (SSSR count). The van der Waals surface area contributed by atoms with E-state index in [2.05, 4.69) is 10.5 Å². The van der Waals surface area contributed by atoms with Crippen LogP contribution >= 0.6 is 0 Å². The first-order valence-electron chi connectivity index (χ1n) is 6.55. The van der Waals surface area contributed by atoms with E-state index in [0.29, 0.717) is 23.6 Å². The molecule has 0 saturated heterocycles. The highest BCUT2D eigenvalue weighted by atomic mass is 16.5. The van der Waals surface area contributed by atoms with Crippen LogP contribution in [-0.2, 0) is 11.3 Å². The molecule has 2 aromatic rings. The first-order chi connectivity index (χ1) is 10.1. The van der Waals surface area contributed by atoms with E-state index in [0.717, 1.165) is 0 Å². The van der Waals surface area contributed by atoms with Gasteiger partial charge in [-0.05, 0) is 19.1 Å². The van der Waals surface area contributed by atoms with Gasteiger partial charge in [-0.2, -0.15) is 0 Å². The Balaban J connectivity index is 1.82. The van der Waals surface area contributed by atoms with Crippen LogP contribution in [0.25, 0.3) is 0 Å². The fourth-order valence-electron chi connectivity index (χ4n) is 1.81. The molecule has 0 atom stereocenters. The number of aryl methyl sites for hydroxylation is 1. The van der Waals surface area contributed by atoms with Gasteiger partial charge in [-0.1, -0.05) is 23.4 Å². The minimum Gasteiger partial charge on any atom is -0.361 e. The van der Waals surface area contributed by atoms with E-state index in [1.54, 1.807) is 44.3 Å². The van der Waals surface area contributed by atoms with E-state index in [-0.39, 0.29) is 18.4 Å². The van der Waals surface area contributed by atoms with Crippen molar-refractivity contribution in [3.8, 4) is 0 Å². The molecule has 0 bridgehead atoms. The standard InChI is InChI=1S/C15H17N3O3/c1-11-8-13(17-21-11)10-18(2)14(19)9-16-15(20)12-6-4-3-5-7-12/h3-8H,9-10H2,1-2H3,(H,16,20). The van der Waals surface area contributed by atoms with E-state index in [1.165, 1.54) is 4.90 Å². The van der Waals surface area contributed by atoms with Crippen molar-refractivity contribution >= 4 is 11.8 Å². The molecule has 110 valence electrons. The largest absolute Gasteiger partial charge is 0.361 e. The number of hydrogen-bond donors (Lipinski definition) is 1. The Morgan fingerprint density at radius 1 is 1.29 bits per heavy atom. The lowest BCUT2D eigenvalue weighted by Gasteiger charge is -2.15. The fourth-order valence-corrected chi connectivity index (χ4v) is 1.81. The molecule has 1 heterocycles. The van der Waals surface area contributed by atoms with Gasteiger partial charge in [0.15, 0.2) is 0 Å². The van der Waals surface area contributed by atoms with E-state index < -0.39 is 0 Å². The summed E-state index contributed by atoms with van der Waals surface area (Å²) in [5, 5.41) is 6.42. The van der Waals surface area contributed by atoms with Crippen LogP contribution in [0.3, 0.4) is 0 Å². The number of likely N-dealkylation sites (N-methyl/N-ethyl adjacent to an activating group) is 1. The van der Waals surface area contributed by atoms with Crippen molar-refractivity contribution in [1.29, 1.82) is 0 Å². The molecule has 0 radical (unpaired) electrons. The highest BCUT2D eigenvalue weighted by molar-refractivity contribution is 5.96. The molecule has 21 heavy (non-hydrogen) atoms. The molecule has 1 N–H and O–H groups in total. The Morgan fingerprint density at radius 2 is 2.00 bits per heavy atom. The van der Waals surface area contributed by atoms with Gasteiger partial charge in [0.05, 0.1) is 13.1 Å². The highest BCUT2D eigenvalue weighted by Gasteiger charge is 2.13. The zero-order valence-electron chi connectivity index (χ0n) is 12.0. The topological polar surface area (TPSA) is 75.4 Å². The lowest BCUT2D eigenvalue weighted by molar-refractivity contribution is -0.129. The Kier molecular flexibility index (Phi) is 4.71. The molecule has 6 heteroatoms. The molecule has 0 aliphatic rings. The van der Waals surface area contributed by atoms with Gasteiger partial charge in [0.25, 0.3) is 5.91 Å². The third-order valence-electron chi connectivity index (χ3n) is 2.94. The number of carbonyl (C=O) groups excluding carboxylic acids is 2. The lowest BCUT2D eigenvalue weighted by atomic mass is 10.2. The molecule has 0 unspecified atom stereocenters. The molecule has 0 spiro atoms. The van der Waals surface area contributed by atoms with Crippen molar-refractivity contribution in [2.45, 2.75) is 13.5 Å². The number of benzene rings is 1. The molecular formula is C15H17N3O3. The van der Waals surface area contributed by atoms with Crippen LogP contribution < -0.4 is 5.32 Å². The Bertz CT molecular complexity index is 622. The van der Waals surface area contributed by atoms with Crippen molar-refractivity contribution in [2.24, 2.45) is 0 Å². The SMILES string of the molecule is Cc1cc(CN(C)C(=O)CNC(=O)c2ccccc2)no1. The normalized spacial score (nSPS) is 10.2. The van der Waals surface area contributed by atoms with Crippen molar-refractivity contribution < 1.29 is 14.1 Å². The number of amides is 2. The molecule has 6 nitrogen and oxygen atoms in total. The first kappa shape index (κ1) is 14.8. The summed E-state index contributed by atoms with van der Waals surface area (Å²) in [5.74, 6) is 0.234. The average Bonchev–Trinajstić information content (AvgIpc) is 2.90. The lowest BCUT2D eigenvalue weighted by Crippen LogP contribution is -2.37.